The summed E-state index contributed by atoms with van der Waals surface area (Å²) in [7, 11) is 0. The first-order valence-electron chi connectivity index (χ1n) is 9.54. The molecule has 7 heteroatoms. The second kappa shape index (κ2) is 8.18. The summed E-state index contributed by atoms with van der Waals surface area (Å²) in [6, 6.07) is 15.0. The van der Waals surface area contributed by atoms with E-state index in [9.17, 15) is 4.79 Å². The highest BCUT2D eigenvalue weighted by Gasteiger charge is 2.15. The lowest BCUT2D eigenvalue weighted by Crippen LogP contribution is -2.17. The van der Waals surface area contributed by atoms with Crippen molar-refractivity contribution in [1.29, 1.82) is 0 Å². The number of rotatable bonds is 5. The minimum absolute atomic E-state index is 0.281. The van der Waals surface area contributed by atoms with E-state index in [4.69, 9.17) is 9.47 Å². The summed E-state index contributed by atoms with van der Waals surface area (Å²) in [6.45, 7) is 4.87. The van der Waals surface area contributed by atoms with Crippen molar-refractivity contribution < 1.29 is 14.3 Å². The van der Waals surface area contributed by atoms with Crippen LogP contribution in [-0.4, -0.2) is 29.1 Å². The molecule has 0 atom stereocenters. The van der Waals surface area contributed by atoms with Gasteiger partial charge in [0, 0.05) is 23.5 Å². The van der Waals surface area contributed by atoms with Crippen molar-refractivity contribution in [2.45, 2.75) is 20.3 Å². The van der Waals surface area contributed by atoms with E-state index in [1.165, 1.54) is 5.56 Å². The van der Waals surface area contributed by atoms with Crippen LogP contribution in [0.15, 0.2) is 48.5 Å². The molecular weight excluding hydrogens is 368 g/mol. The summed E-state index contributed by atoms with van der Waals surface area (Å²) in [5.74, 6) is 2.06. The number of anilines is 3. The molecule has 2 aromatic carbocycles. The number of hydrogen-bond donors (Lipinski definition) is 2. The van der Waals surface area contributed by atoms with Crippen LogP contribution in [0.4, 0.5) is 17.2 Å². The molecule has 7 nitrogen and oxygen atoms in total. The number of ether oxygens (including phenoxy) is 2. The van der Waals surface area contributed by atoms with Crippen LogP contribution >= 0.6 is 0 Å². The largest absolute Gasteiger partial charge is 0.486 e. The third kappa shape index (κ3) is 4.29. The molecule has 2 heterocycles. The average Bonchev–Trinajstić information content (AvgIpc) is 2.73. The van der Waals surface area contributed by atoms with Gasteiger partial charge in [-0.25, -0.2) is 9.97 Å². The molecule has 1 aromatic heterocycles. The monoisotopic (exact) mass is 390 g/mol. The zero-order valence-corrected chi connectivity index (χ0v) is 16.4. The Labute approximate surface area is 169 Å². The van der Waals surface area contributed by atoms with Crippen molar-refractivity contribution in [3.8, 4) is 11.5 Å². The standard InChI is InChI=1S/C22H22N4O3/c1-3-15-6-4-5-7-17(15)26-21-13-18(23-14(2)24-21)22(27)25-16-8-9-19-20(12-16)29-11-10-28-19/h4-9,12-13H,3,10-11H2,1-2H3,(H,25,27)(H,23,24,26). The summed E-state index contributed by atoms with van der Waals surface area (Å²) >= 11 is 0. The van der Waals surface area contributed by atoms with Gasteiger partial charge in [0.2, 0.25) is 0 Å². The maximum atomic E-state index is 12.8. The first-order chi connectivity index (χ1) is 14.1. The van der Waals surface area contributed by atoms with Crippen molar-refractivity contribution in [1.82, 2.24) is 9.97 Å². The van der Waals surface area contributed by atoms with E-state index in [0.717, 1.165) is 12.1 Å². The molecular formula is C22H22N4O3. The zero-order valence-electron chi connectivity index (χ0n) is 16.4. The normalized spacial score (nSPS) is 12.3. The minimum atomic E-state index is -0.320. The Bertz CT molecular complexity index is 1050. The van der Waals surface area contributed by atoms with E-state index >= 15 is 0 Å². The highest BCUT2D eigenvalue weighted by Crippen LogP contribution is 2.32. The quantitative estimate of drug-likeness (QED) is 0.682. The molecule has 0 unspecified atom stereocenters. The second-order valence-corrected chi connectivity index (χ2v) is 6.63. The lowest BCUT2D eigenvalue weighted by atomic mass is 10.1. The van der Waals surface area contributed by atoms with Crippen molar-refractivity contribution in [2.75, 3.05) is 23.8 Å². The fourth-order valence-corrected chi connectivity index (χ4v) is 3.15. The number of amides is 1. The number of nitrogens with zero attached hydrogens (tertiary/aromatic N) is 2. The van der Waals surface area contributed by atoms with E-state index in [1.54, 1.807) is 31.2 Å². The van der Waals surface area contributed by atoms with Gasteiger partial charge in [0.1, 0.15) is 30.5 Å². The molecule has 0 bridgehead atoms. The predicted molar refractivity (Wildman–Crippen MR) is 111 cm³/mol. The predicted octanol–water partition coefficient (Wildman–Crippen LogP) is 4.11. The maximum Gasteiger partial charge on any atom is 0.274 e. The fourth-order valence-electron chi connectivity index (χ4n) is 3.15. The first kappa shape index (κ1) is 18.7. The van der Waals surface area contributed by atoms with Gasteiger partial charge < -0.3 is 20.1 Å². The summed E-state index contributed by atoms with van der Waals surface area (Å²) in [4.78, 5) is 21.5. The van der Waals surface area contributed by atoms with Crippen molar-refractivity contribution in [3.05, 3.63) is 65.6 Å². The van der Waals surface area contributed by atoms with Crippen LogP contribution in [-0.2, 0) is 6.42 Å². The molecule has 0 saturated heterocycles. The van der Waals surface area contributed by atoms with E-state index in [1.807, 2.05) is 18.2 Å². The Kier molecular flexibility index (Phi) is 5.29. The second-order valence-electron chi connectivity index (χ2n) is 6.63. The number of fused-ring (bicyclic) bond motifs is 1. The van der Waals surface area contributed by atoms with Crippen LogP contribution in [0.5, 0.6) is 11.5 Å². The van der Waals surface area contributed by atoms with Gasteiger partial charge in [0.25, 0.3) is 5.91 Å². The zero-order chi connectivity index (χ0) is 20.2. The van der Waals surface area contributed by atoms with Crippen molar-refractivity contribution in [2.24, 2.45) is 0 Å². The number of benzene rings is 2. The number of hydrogen-bond acceptors (Lipinski definition) is 6. The van der Waals surface area contributed by atoms with Crippen LogP contribution in [0.3, 0.4) is 0 Å². The molecule has 2 N–H and O–H groups in total. The fraction of sp³-hybridized carbons (Fsp3) is 0.227. The van der Waals surface area contributed by atoms with Crippen molar-refractivity contribution >= 4 is 23.1 Å². The van der Waals surface area contributed by atoms with Gasteiger partial charge in [0.15, 0.2) is 11.5 Å². The third-order valence-electron chi connectivity index (χ3n) is 4.53. The SMILES string of the molecule is CCc1ccccc1Nc1cc(C(=O)Nc2ccc3c(c2)OCCO3)nc(C)n1. The maximum absolute atomic E-state index is 12.8. The van der Waals surface area contributed by atoms with E-state index in [0.29, 0.717) is 42.0 Å². The van der Waals surface area contributed by atoms with Crippen LogP contribution in [0.2, 0.25) is 0 Å². The van der Waals surface area contributed by atoms with Gasteiger partial charge in [-0.05, 0) is 37.1 Å². The number of aryl methyl sites for hydroxylation is 2. The number of aromatic nitrogens is 2. The van der Waals surface area contributed by atoms with E-state index < -0.39 is 0 Å². The van der Waals surface area contributed by atoms with Gasteiger partial charge in [-0.2, -0.15) is 0 Å². The molecule has 0 radical (unpaired) electrons. The summed E-state index contributed by atoms with van der Waals surface area (Å²) < 4.78 is 11.1. The Hall–Kier alpha value is -3.61. The van der Waals surface area contributed by atoms with Crippen LogP contribution in [0, 0.1) is 6.92 Å². The molecule has 0 saturated carbocycles. The Morgan fingerprint density at radius 1 is 1.03 bits per heavy atom. The Balaban J connectivity index is 1.54. The number of carbonyl (C=O) groups excluding carboxylic acids is 1. The number of nitrogens with one attached hydrogen (secondary N) is 2. The molecule has 0 aliphatic carbocycles. The van der Waals surface area contributed by atoms with E-state index in [-0.39, 0.29) is 11.6 Å². The molecule has 3 aromatic rings. The molecule has 148 valence electrons. The van der Waals surface area contributed by atoms with E-state index in [2.05, 4.69) is 33.6 Å². The number of carbonyl (C=O) groups is 1. The lowest BCUT2D eigenvalue weighted by Gasteiger charge is -2.19. The Morgan fingerprint density at radius 3 is 2.66 bits per heavy atom. The van der Waals surface area contributed by atoms with Gasteiger partial charge in [-0.15, -0.1) is 0 Å². The summed E-state index contributed by atoms with van der Waals surface area (Å²) in [6.07, 6.45) is 0.894. The highest BCUT2D eigenvalue weighted by atomic mass is 16.6. The minimum Gasteiger partial charge on any atom is -0.486 e. The molecule has 1 aliphatic heterocycles. The molecule has 1 amide bonds. The highest BCUT2D eigenvalue weighted by molar-refractivity contribution is 6.03. The smallest absolute Gasteiger partial charge is 0.274 e. The third-order valence-corrected chi connectivity index (χ3v) is 4.53. The van der Waals surface area contributed by atoms with Gasteiger partial charge in [0.05, 0.1) is 0 Å². The van der Waals surface area contributed by atoms with Crippen LogP contribution in [0.1, 0.15) is 28.8 Å². The molecule has 1 aliphatic rings. The van der Waals surface area contributed by atoms with Gasteiger partial charge in [-0.3, -0.25) is 4.79 Å². The average molecular weight is 390 g/mol. The Morgan fingerprint density at radius 2 is 1.83 bits per heavy atom. The van der Waals surface area contributed by atoms with Gasteiger partial charge in [-0.1, -0.05) is 25.1 Å². The molecule has 0 fully saturated rings. The van der Waals surface area contributed by atoms with Crippen LogP contribution < -0.4 is 20.1 Å². The molecule has 29 heavy (non-hydrogen) atoms. The van der Waals surface area contributed by atoms with Crippen LogP contribution in [0.25, 0.3) is 0 Å². The van der Waals surface area contributed by atoms with Gasteiger partial charge >= 0.3 is 0 Å². The molecule has 4 rings (SSSR count). The number of para-hydroxylation sites is 1. The topological polar surface area (TPSA) is 85.4 Å². The lowest BCUT2D eigenvalue weighted by molar-refractivity contribution is 0.102. The summed E-state index contributed by atoms with van der Waals surface area (Å²) in [5.41, 5.74) is 3.03. The van der Waals surface area contributed by atoms with Crippen molar-refractivity contribution in [3.63, 3.8) is 0 Å². The molecule has 0 spiro atoms. The summed E-state index contributed by atoms with van der Waals surface area (Å²) in [5, 5.41) is 6.15. The first-order valence-corrected chi connectivity index (χ1v) is 9.54.